The summed E-state index contributed by atoms with van der Waals surface area (Å²) < 4.78 is 34.3. The van der Waals surface area contributed by atoms with Crippen LogP contribution >= 0.6 is 0 Å². The molecule has 3 saturated heterocycles. The Balaban J connectivity index is 1.49. The zero-order valence-electron chi connectivity index (χ0n) is 53.0. The molecule has 3 aliphatic rings. The van der Waals surface area contributed by atoms with Crippen molar-refractivity contribution in [2.45, 2.75) is 324 Å². The minimum atomic E-state index is -1.99. The standard InChI is InChI=1S/C68H119NO18/c1-3-5-7-9-11-13-15-17-19-21-23-24-25-26-28-29-31-33-35-37-39-41-43-45-52(73)51(69-56(74)46-44-42-40-38-36-34-32-30-27-22-20-18-16-14-12-10-8-6-4-2)50-82-66-62(80)59(77)64(54(48-71)84-66)87-68-63(81)60(78)65(55(49-72)85-68)86-67-61(79)58(76)57(75)53(47-70)83-67/h12,14,18,20,27-30,35,37,43,45,51-55,57-68,70-73,75-81H,3-11,13,15-17,19,21-26,31-34,36,38-42,44,46-50H2,1-2H3,(H,69,74)/b14-12-,20-18-,29-28+,30-27-,37-35+,45-43+. The van der Waals surface area contributed by atoms with Crippen molar-refractivity contribution >= 4 is 5.91 Å². The van der Waals surface area contributed by atoms with E-state index in [0.29, 0.717) is 12.8 Å². The van der Waals surface area contributed by atoms with Gasteiger partial charge in [0.15, 0.2) is 18.9 Å². The molecular weight excluding hydrogens is 1120 g/mol. The summed E-state index contributed by atoms with van der Waals surface area (Å²) in [7, 11) is 0. The molecule has 504 valence electrons. The van der Waals surface area contributed by atoms with E-state index in [9.17, 15) is 61.0 Å². The van der Waals surface area contributed by atoms with Crippen molar-refractivity contribution < 1.29 is 89.4 Å². The van der Waals surface area contributed by atoms with E-state index in [1.54, 1.807) is 6.08 Å². The fourth-order valence-corrected chi connectivity index (χ4v) is 10.9. The Hall–Kier alpha value is -2.77. The number of aliphatic hydroxyl groups excluding tert-OH is 11. The molecule has 0 spiro atoms. The number of hydrogen-bond donors (Lipinski definition) is 12. The minimum absolute atomic E-state index is 0.214. The lowest BCUT2D eigenvalue weighted by atomic mass is 9.96. The summed E-state index contributed by atoms with van der Waals surface area (Å²) in [6.07, 6.45) is 34.4. The molecular formula is C68H119NO18. The number of unbranched alkanes of at least 4 members (excludes halogenated alkanes) is 24. The molecule has 0 bridgehead atoms. The highest BCUT2D eigenvalue weighted by Crippen LogP contribution is 2.33. The maximum Gasteiger partial charge on any atom is 0.220 e. The number of aliphatic hydroxyl groups is 11. The minimum Gasteiger partial charge on any atom is -0.394 e. The van der Waals surface area contributed by atoms with Crippen LogP contribution in [0.25, 0.3) is 0 Å². The highest BCUT2D eigenvalue weighted by molar-refractivity contribution is 5.76. The van der Waals surface area contributed by atoms with Gasteiger partial charge in [-0.15, -0.1) is 0 Å². The van der Waals surface area contributed by atoms with Crippen LogP contribution < -0.4 is 5.32 Å². The van der Waals surface area contributed by atoms with Gasteiger partial charge in [0, 0.05) is 6.42 Å². The molecule has 17 unspecified atom stereocenters. The third-order valence-corrected chi connectivity index (χ3v) is 16.5. The summed E-state index contributed by atoms with van der Waals surface area (Å²) in [4.78, 5) is 13.4. The van der Waals surface area contributed by atoms with Crippen LogP contribution in [-0.4, -0.2) is 193 Å². The second kappa shape index (κ2) is 49.9. The van der Waals surface area contributed by atoms with Crippen molar-refractivity contribution in [3.8, 4) is 0 Å². The van der Waals surface area contributed by atoms with Crippen LogP contribution in [0.1, 0.15) is 219 Å². The lowest BCUT2D eigenvalue weighted by molar-refractivity contribution is -0.379. The van der Waals surface area contributed by atoms with Crippen LogP contribution in [0, 0.1) is 0 Å². The topological polar surface area (TPSA) is 307 Å². The lowest BCUT2D eigenvalue weighted by Gasteiger charge is -2.48. The van der Waals surface area contributed by atoms with Gasteiger partial charge in [-0.2, -0.15) is 0 Å². The molecule has 1 amide bonds. The van der Waals surface area contributed by atoms with Gasteiger partial charge in [0.05, 0.1) is 38.6 Å². The molecule has 3 rings (SSSR count). The van der Waals surface area contributed by atoms with Gasteiger partial charge in [0.25, 0.3) is 0 Å². The Morgan fingerprint density at radius 3 is 1.25 bits per heavy atom. The largest absolute Gasteiger partial charge is 0.394 e. The number of ether oxygens (including phenoxy) is 6. The van der Waals surface area contributed by atoms with Crippen molar-refractivity contribution in [2.75, 3.05) is 26.4 Å². The van der Waals surface area contributed by atoms with Crippen molar-refractivity contribution in [1.29, 1.82) is 0 Å². The molecule has 3 aliphatic heterocycles. The van der Waals surface area contributed by atoms with Crippen LogP contribution in [0.2, 0.25) is 0 Å². The van der Waals surface area contributed by atoms with E-state index in [4.69, 9.17) is 28.4 Å². The van der Waals surface area contributed by atoms with E-state index in [1.165, 1.54) is 103 Å². The predicted molar refractivity (Wildman–Crippen MR) is 337 cm³/mol. The fourth-order valence-electron chi connectivity index (χ4n) is 10.9. The van der Waals surface area contributed by atoms with Crippen molar-refractivity contribution in [3.63, 3.8) is 0 Å². The fraction of sp³-hybridized carbons (Fsp3) is 0.809. The average molecular weight is 1240 g/mol. The predicted octanol–water partition coefficient (Wildman–Crippen LogP) is 8.16. The van der Waals surface area contributed by atoms with Crippen LogP contribution in [-0.2, 0) is 33.2 Å². The lowest BCUT2D eigenvalue weighted by Crippen LogP contribution is -2.66. The van der Waals surface area contributed by atoms with E-state index < -0.39 is 124 Å². The molecule has 87 heavy (non-hydrogen) atoms. The molecule has 0 aromatic heterocycles. The number of allylic oxidation sites excluding steroid dienone is 11. The Kier molecular flexibility index (Phi) is 45.0. The molecule has 3 heterocycles. The zero-order chi connectivity index (χ0) is 63.3. The Morgan fingerprint density at radius 1 is 0.414 bits per heavy atom. The SMILES string of the molecule is CCCCC/C=C\C/C=C\C/C=C\CCCCCCCCC(=O)NC(COC1OC(CO)C(OC2OC(CO)C(OC3OC(CO)C(O)C(O)C3O)C(O)C2O)C(O)C1O)C(O)/C=C/CC/C=C/CC/C=C/CCCCCCCCCCCCCCC. The Bertz CT molecular complexity index is 1860. The molecule has 3 fully saturated rings. The second-order valence-corrected chi connectivity index (χ2v) is 23.9. The van der Waals surface area contributed by atoms with Gasteiger partial charge in [-0.3, -0.25) is 4.79 Å². The van der Waals surface area contributed by atoms with Gasteiger partial charge in [-0.25, -0.2) is 0 Å². The number of hydrogen-bond acceptors (Lipinski definition) is 18. The van der Waals surface area contributed by atoms with Crippen LogP contribution in [0.3, 0.4) is 0 Å². The number of rotatable bonds is 50. The molecule has 0 aromatic carbocycles. The number of nitrogens with one attached hydrogen (secondary N) is 1. The van der Waals surface area contributed by atoms with Gasteiger partial charge in [-0.05, 0) is 83.5 Å². The van der Waals surface area contributed by atoms with Crippen molar-refractivity contribution in [1.82, 2.24) is 5.32 Å². The van der Waals surface area contributed by atoms with Crippen LogP contribution in [0.15, 0.2) is 72.9 Å². The summed E-state index contributed by atoms with van der Waals surface area (Å²) >= 11 is 0. The quantitative estimate of drug-likeness (QED) is 0.0202. The number of carbonyl (C=O) groups is 1. The normalized spacial score (nSPS) is 29.0. The molecule has 0 aromatic rings. The first-order valence-electron chi connectivity index (χ1n) is 33.7. The van der Waals surface area contributed by atoms with Crippen LogP contribution in [0.5, 0.6) is 0 Å². The summed E-state index contributed by atoms with van der Waals surface area (Å²) in [5.41, 5.74) is 0. The third kappa shape index (κ3) is 32.4. The van der Waals surface area contributed by atoms with Crippen molar-refractivity contribution in [3.05, 3.63) is 72.9 Å². The van der Waals surface area contributed by atoms with E-state index in [2.05, 4.69) is 79.9 Å². The first-order valence-corrected chi connectivity index (χ1v) is 33.7. The number of carbonyl (C=O) groups excluding carboxylic acids is 1. The smallest absolute Gasteiger partial charge is 0.220 e. The molecule has 0 radical (unpaired) electrons. The first-order chi connectivity index (χ1) is 42.3. The maximum atomic E-state index is 13.4. The maximum absolute atomic E-state index is 13.4. The van der Waals surface area contributed by atoms with Gasteiger partial charge >= 0.3 is 0 Å². The molecule has 19 nitrogen and oxygen atoms in total. The summed E-state index contributed by atoms with van der Waals surface area (Å²) in [6.45, 7) is 1.66. The third-order valence-electron chi connectivity index (χ3n) is 16.5. The Labute approximate surface area is 521 Å². The first kappa shape index (κ1) is 78.5. The summed E-state index contributed by atoms with van der Waals surface area (Å²) in [5.74, 6) is -0.304. The van der Waals surface area contributed by atoms with E-state index in [0.717, 1.165) is 83.5 Å². The van der Waals surface area contributed by atoms with E-state index >= 15 is 0 Å². The second-order valence-electron chi connectivity index (χ2n) is 23.9. The molecule has 17 atom stereocenters. The van der Waals surface area contributed by atoms with Crippen molar-refractivity contribution in [2.24, 2.45) is 0 Å². The molecule has 0 aliphatic carbocycles. The molecule has 19 heteroatoms. The van der Waals surface area contributed by atoms with E-state index in [-0.39, 0.29) is 18.9 Å². The van der Waals surface area contributed by atoms with Crippen LogP contribution in [0.4, 0.5) is 0 Å². The Morgan fingerprint density at radius 2 is 0.770 bits per heavy atom. The van der Waals surface area contributed by atoms with Gasteiger partial charge < -0.3 is 89.9 Å². The molecule has 0 saturated carbocycles. The van der Waals surface area contributed by atoms with Gasteiger partial charge in [0.1, 0.15) is 73.2 Å². The molecule has 12 N–H and O–H groups in total. The summed E-state index contributed by atoms with van der Waals surface area (Å²) in [6, 6.07) is -1.01. The van der Waals surface area contributed by atoms with Gasteiger partial charge in [0.2, 0.25) is 5.91 Å². The average Bonchev–Trinajstić information content (AvgIpc) is 2.87. The monoisotopic (exact) mass is 1240 g/mol. The summed E-state index contributed by atoms with van der Waals surface area (Å²) in [5, 5.41) is 120. The van der Waals surface area contributed by atoms with Gasteiger partial charge in [-0.1, -0.05) is 202 Å². The highest BCUT2D eigenvalue weighted by atomic mass is 16.8. The van der Waals surface area contributed by atoms with E-state index in [1.807, 2.05) is 6.08 Å². The number of amides is 1. The zero-order valence-corrected chi connectivity index (χ0v) is 53.0. The highest BCUT2D eigenvalue weighted by Gasteiger charge is 2.53.